The fourth-order valence-electron chi connectivity index (χ4n) is 2.57. The Hall–Kier alpha value is -1.84. The van der Waals surface area contributed by atoms with Crippen molar-refractivity contribution in [3.05, 3.63) is 29.8 Å². The van der Waals surface area contributed by atoms with Crippen LogP contribution >= 0.6 is 0 Å². The first-order chi connectivity index (χ1) is 10.4. The Balaban J connectivity index is 1.94. The zero-order chi connectivity index (χ0) is 16.3. The summed E-state index contributed by atoms with van der Waals surface area (Å²) < 4.78 is 0. The molecule has 22 heavy (non-hydrogen) atoms. The Kier molecular flexibility index (Phi) is 5.22. The minimum atomic E-state index is -0.190. The molecule has 4 nitrogen and oxygen atoms in total. The maximum absolute atomic E-state index is 12.3. The zero-order valence-electron chi connectivity index (χ0n) is 13.8. The van der Waals surface area contributed by atoms with Crippen molar-refractivity contribution in [1.29, 1.82) is 0 Å². The van der Waals surface area contributed by atoms with Crippen LogP contribution in [0.3, 0.4) is 0 Å². The Bertz CT molecular complexity index is 554. The quantitative estimate of drug-likeness (QED) is 0.847. The number of para-hydroxylation sites is 1. The molecule has 1 saturated carbocycles. The molecule has 4 heteroatoms. The van der Waals surface area contributed by atoms with Crippen LogP contribution in [0.25, 0.3) is 0 Å². The van der Waals surface area contributed by atoms with Crippen LogP contribution in [0.1, 0.15) is 52.0 Å². The predicted octanol–water partition coefficient (Wildman–Crippen LogP) is 3.30. The molecule has 120 valence electrons. The topological polar surface area (TPSA) is 58.2 Å². The molecule has 0 saturated heterocycles. The van der Waals surface area contributed by atoms with Crippen LogP contribution in [0.5, 0.6) is 0 Å². The summed E-state index contributed by atoms with van der Waals surface area (Å²) >= 11 is 0. The molecule has 1 aliphatic carbocycles. The largest absolute Gasteiger partial charge is 0.353 e. The number of benzene rings is 1. The second kappa shape index (κ2) is 6.95. The van der Waals surface area contributed by atoms with Crippen molar-refractivity contribution < 1.29 is 9.59 Å². The molecule has 1 aliphatic rings. The molecule has 1 fully saturated rings. The minimum Gasteiger partial charge on any atom is -0.353 e. The van der Waals surface area contributed by atoms with Crippen LogP contribution in [0.15, 0.2) is 24.3 Å². The van der Waals surface area contributed by atoms with E-state index < -0.39 is 0 Å². The lowest BCUT2D eigenvalue weighted by molar-refractivity contribution is -0.125. The van der Waals surface area contributed by atoms with Gasteiger partial charge in [0.15, 0.2) is 0 Å². The molecule has 0 aromatic heterocycles. The molecule has 2 rings (SSSR count). The van der Waals surface area contributed by atoms with Crippen molar-refractivity contribution in [3.63, 3.8) is 0 Å². The SMILES string of the molecule is CCC(C)NC(=O)C1CC1C(=O)Nc1ccccc1C(C)C. The van der Waals surface area contributed by atoms with Gasteiger partial charge in [-0.3, -0.25) is 9.59 Å². The maximum atomic E-state index is 12.3. The van der Waals surface area contributed by atoms with Crippen molar-refractivity contribution in [2.45, 2.75) is 52.5 Å². The first kappa shape index (κ1) is 16.5. The van der Waals surface area contributed by atoms with E-state index in [2.05, 4.69) is 24.5 Å². The van der Waals surface area contributed by atoms with Crippen molar-refractivity contribution in [3.8, 4) is 0 Å². The fourth-order valence-corrected chi connectivity index (χ4v) is 2.57. The monoisotopic (exact) mass is 302 g/mol. The molecule has 0 heterocycles. The second-order valence-electron chi connectivity index (χ2n) is 6.50. The molecule has 2 amide bonds. The summed E-state index contributed by atoms with van der Waals surface area (Å²) in [6, 6.07) is 8.01. The molecule has 1 aromatic carbocycles. The number of carbonyl (C=O) groups excluding carboxylic acids is 2. The summed E-state index contributed by atoms with van der Waals surface area (Å²) in [7, 11) is 0. The van der Waals surface area contributed by atoms with Crippen molar-refractivity contribution in [2.24, 2.45) is 11.8 Å². The van der Waals surface area contributed by atoms with E-state index in [0.29, 0.717) is 12.3 Å². The highest BCUT2D eigenvalue weighted by atomic mass is 16.2. The van der Waals surface area contributed by atoms with E-state index in [1.807, 2.05) is 38.1 Å². The van der Waals surface area contributed by atoms with Gasteiger partial charge in [0.1, 0.15) is 0 Å². The fraction of sp³-hybridized carbons (Fsp3) is 0.556. The lowest BCUT2D eigenvalue weighted by atomic mass is 10.0. The van der Waals surface area contributed by atoms with Crippen molar-refractivity contribution in [1.82, 2.24) is 5.32 Å². The molecule has 3 unspecified atom stereocenters. The van der Waals surface area contributed by atoms with Crippen LogP contribution in [0.4, 0.5) is 5.69 Å². The van der Waals surface area contributed by atoms with Crippen molar-refractivity contribution in [2.75, 3.05) is 5.32 Å². The third-order valence-electron chi connectivity index (χ3n) is 4.31. The minimum absolute atomic E-state index is 0.00615. The lowest BCUT2D eigenvalue weighted by Gasteiger charge is -2.14. The van der Waals surface area contributed by atoms with E-state index in [1.165, 1.54) is 0 Å². The average Bonchev–Trinajstić information content (AvgIpc) is 3.28. The number of rotatable bonds is 6. The van der Waals surface area contributed by atoms with Gasteiger partial charge in [0, 0.05) is 11.7 Å². The number of amides is 2. The summed E-state index contributed by atoms with van der Waals surface area (Å²) in [5.41, 5.74) is 1.98. The van der Waals surface area contributed by atoms with E-state index in [9.17, 15) is 9.59 Å². The number of carbonyl (C=O) groups is 2. The summed E-state index contributed by atoms with van der Waals surface area (Å²) in [4.78, 5) is 24.4. The molecule has 1 aromatic rings. The first-order valence-corrected chi connectivity index (χ1v) is 8.14. The van der Waals surface area contributed by atoms with Crippen molar-refractivity contribution >= 4 is 17.5 Å². The third kappa shape index (κ3) is 3.87. The normalized spacial score (nSPS) is 21.3. The molecule has 0 spiro atoms. The van der Waals surface area contributed by atoms with Crippen LogP contribution in [-0.4, -0.2) is 17.9 Å². The first-order valence-electron chi connectivity index (χ1n) is 8.14. The highest BCUT2D eigenvalue weighted by Crippen LogP contribution is 2.40. The standard InChI is InChI=1S/C18H26N2O2/c1-5-12(4)19-17(21)14-10-15(14)18(22)20-16-9-7-6-8-13(16)11(2)3/h6-9,11-12,14-15H,5,10H2,1-4H3,(H,19,21)(H,20,22). The van der Waals surface area contributed by atoms with Gasteiger partial charge >= 0.3 is 0 Å². The van der Waals surface area contributed by atoms with E-state index >= 15 is 0 Å². The molecule has 0 radical (unpaired) electrons. The van der Waals surface area contributed by atoms with E-state index in [1.54, 1.807) is 0 Å². The summed E-state index contributed by atoms with van der Waals surface area (Å²) in [5.74, 6) is -0.0475. The highest BCUT2D eigenvalue weighted by Gasteiger charge is 2.48. The maximum Gasteiger partial charge on any atom is 0.228 e. The smallest absolute Gasteiger partial charge is 0.228 e. The molecule has 2 N–H and O–H groups in total. The number of anilines is 1. The Labute approximate surface area is 132 Å². The Morgan fingerprint density at radius 1 is 1.14 bits per heavy atom. The Morgan fingerprint density at radius 3 is 2.41 bits per heavy atom. The molecule has 0 bridgehead atoms. The highest BCUT2D eigenvalue weighted by molar-refractivity contribution is 6.00. The van der Waals surface area contributed by atoms with Gasteiger partial charge in [0.2, 0.25) is 11.8 Å². The van der Waals surface area contributed by atoms with Gasteiger partial charge in [-0.1, -0.05) is 39.0 Å². The third-order valence-corrected chi connectivity index (χ3v) is 4.31. The number of nitrogens with one attached hydrogen (secondary N) is 2. The molecule has 3 atom stereocenters. The van der Waals surface area contributed by atoms with Gasteiger partial charge in [-0.25, -0.2) is 0 Å². The van der Waals surface area contributed by atoms with E-state index in [4.69, 9.17) is 0 Å². The lowest BCUT2D eigenvalue weighted by Crippen LogP contribution is -2.34. The van der Waals surface area contributed by atoms with E-state index in [-0.39, 0.29) is 29.7 Å². The zero-order valence-corrected chi connectivity index (χ0v) is 13.8. The predicted molar refractivity (Wildman–Crippen MR) is 88.7 cm³/mol. The van der Waals surface area contributed by atoms with Gasteiger partial charge < -0.3 is 10.6 Å². The summed E-state index contributed by atoms with van der Waals surface area (Å²) in [6.07, 6.45) is 1.55. The van der Waals surface area contributed by atoms with Crippen LogP contribution in [-0.2, 0) is 9.59 Å². The second-order valence-corrected chi connectivity index (χ2v) is 6.50. The van der Waals surface area contributed by atoms with E-state index in [0.717, 1.165) is 17.7 Å². The van der Waals surface area contributed by atoms with Gasteiger partial charge in [0.25, 0.3) is 0 Å². The Morgan fingerprint density at radius 2 is 1.77 bits per heavy atom. The van der Waals surface area contributed by atoms with Crippen LogP contribution in [0, 0.1) is 11.8 Å². The van der Waals surface area contributed by atoms with Gasteiger partial charge in [-0.15, -0.1) is 0 Å². The van der Waals surface area contributed by atoms with Crippen LogP contribution < -0.4 is 10.6 Å². The van der Waals surface area contributed by atoms with Gasteiger partial charge in [-0.2, -0.15) is 0 Å². The number of hydrogen-bond acceptors (Lipinski definition) is 2. The molecular formula is C18H26N2O2. The molecule has 0 aliphatic heterocycles. The van der Waals surface area contributed by atoms with Gasteiger partial charge in [-0.05, 0) is 37.3 Å². The average molecular weight is 302 g/mol. The summed E-state index contributed by atoms with van der Waals surface area (Å²) in [5, 5.41) is 5.94. The van der Waals surface area contributed by atoms with Crippen LogP contribution in [0.2, 0.25) is 0 Å². The van der Waals surface area contributed by atoms with Gasteiger partial charge in [0.05, 0.1) is 11.8 Å². The summed E-state index contributed by atoms with van der Waals surface area (Å²) in [6.45, 7) is 8.22. The molecular weight excluding hydrogens is 276 g/mol. The number of hydrogen-bond donors (Lipinski definition) is 2.